The van der Waals surface area contributed by atoms with Gasteiger partial charge in [0.25, 0.3) is 0 Å². The van der Waals surface area contributed by atoms with Gasteiger partial charge >= 0.3 is 5.97 Å². The first-order valence-corrected chi connectivity index (χ1v) is 11.1. The zero-order valence-electron chi connectivity index (χ0n) is 16.8. The third kappa shape index (κ3) is 7.81. The van der Waals surface area contributed by atoms with E-state index in [0.29, 0.717) is 16.6 Å². The maximum Gasteiger partial charge on any atom is 0.320 e. The lowest BCUT2D eigenvalue weighted by Gasteiger charge is -2.42. The van der Waals surface area contributed by atoms with Crippen molar-refractivity contribution in [3.8, 4) is 0 Å². The summed E-state index contributed by atoms with van der Waals surface area (Å²) in [7, 11) is -1.76. The summed E-state index contributed by atoms with van der Waals surface area (Å²) in [4.78, 5) is 11.6. The molecule has 0 unspecified atom stereocenters. The van der Waals surface area contributed by atoms with Gasteiger partial charge in [-0.1, -0.05) is 41.5 Å². The first kappa shape index (κ1) is 22.6. The lowest BCUT2D eigenvalue weighted by molar-refractivity contribution is -0.153. The molecule has 0 rings (SSSR count). The Morgan fingerprint density at radius 3 is 1.87 bits per heavy atom. The Morgan fingerprint density at radius 2 is 1.48 bits per heavy atom. The normalized spacial score (nSPS) is 13.2. The van der Waals surface area contributed by atoms with Crippen LogP contribution in [0.3, 0.4) is 0 Å². The highest BCUT2D eigenvalue weighted by molar-refractivity contribution is 6.77. The van der Waals surface area contributed by atoms with Crippen molar-refractivity contribution in [1.29, 1.82) is 0 Å². The van der Waals surface area contributed by atoms with E-state index in [0.717, 1.165) is 19.6 Å². The third-order valence-corrected chi connectivity index (χ3v) is 10.4. The summed E-state index contributed by atoms with van der Waals surface area (Å²) in [5.74, 6) is -0.200. The summed E-state index contributed by atoms with van der Waals surface area (Å²) < 4.78 is 11.8. The number of hydrogen-bond acceptors (Lipinski definition) is 4. The minimum absolute atomic E-state index is 0.200. The Labute approximate surface area is 144 Å². The minimum atomic E-state index is -1.76. The van der Waals surface area contributed by atoms with E-state index in [1.165, 1.54) is 0 Å². The molecule has 0 aromatic carbocycles. The molecule has 0 aromatic rings. The summed E-state index contributed by atoms with van der Waals surface area (Å²) in [6.07, 6.45) is 0.920. The number of esters is 1. The van der Waals surface area contributed by atoms with Crippen LogP contribution in [0.25, 0.3) is 0 Å². The van der Waals surface area contributed by atoms with Gasteiger partial charge in [0.2, 0.25) is 0 Å². The Bertz CT molecular complexity index is 327. The third-order valence-electron chi connectivity index (χ3n) is 4.25. The maximum absolute atomic E-state index is 11.6. The van der Waals surface area contributed by atoms with Gasteiger partial charge in [-0.2, -0.15) is 0 Å². The lowest BCUT2D eigenvalue weighted by Crippen LogP contribution is -2.48. The van der Waals surface area contributed by atoms with Gasteiger partial charge in [-0.05, 0) is 50.4 Å². The van der Waals surface area contributed by atoms with Gasteiger partial charge in [-0.3, -0.25) is 4.79 Å². The molecule has 0 atom stereocenters. The topological polar surface area (TPSA) is 47.6 Å². The van der Waals surface area contributed by atoms with Gasteiger partial charge in [0.15, 0.2) is 8.32 Å². The molecule has 4 nitrogen and oxygen atoms in total. The molecule has 0 spiro atoms. The van der Waals surface area contributed by atoms with Gasteiger partial charge < -0.3 is 14.5 Å². The maximum atomic E-state index is 11.6. The zero-order chi connectivity index (χ0) is 18.3. The monoisotopic (exact) mass is 345 g/mol. The number of rotatable bonds is 10. The molecule has 0 heterocycles. The average Bonchev–Trinajstić information content (AvgIpc) is 2.34. The van der Waals surface area contributed by atoms with Crippen LogP contribution >= 0.6 is 0 Å². The fourth-order valence-electron chi connectivity index (χ4n) is 3.51. The number of ether oxygens (including phenoxy) is 1. The summed E-state index contributed by atoms with van der Waals surface area (Å²) in [5, 5.41) is 3.14. The number of hydrogen-bond donors (Lipinski definition) is 1. The van der Waals surface area contributed by atoms with Crippen LogP contribution in [0.1, 0.15) is 68.7 Å². The fraction of sp³-hybridized carbons (Fsp3) is 0.944. The molecule has 0 aliphatic carbocycles. The van der Waals surface area contributed by atoms with E-state index >= 15 is 0 Å². The highest BCUT2D eigenvalue weighted by atomic mass is 28.4. The summed E-state index contributed by atoms with van der Waals surface area (Å²) in [6, 6.07) is 0. The van der Waals surface area contributed by atoms with E-state index in [-0.39, 0.29) is 12.5 Å². The smallest absolute Gasteiger partial charge is 0.320 e. The zero-order valence-corrected chi connectivity index (χ0v) is 17.8. The molecule has 5 heteroatoms. The molecule has 0 radical (unpaired) electrons. The molecule has 0 bridgehead atoms. The van der Waals surface area contributed by atoms with Gasteiger partial charge in [0.1, 0.15) is 5.60 Å². The summed E-state index contributed by atoms with van der Waals surface area (Å²) >= 11 is 0. The van der Waals surface area contributed by atoms with E-state index in [1.54, 1.807) is 0 Å². The molecular formula is C18H39NO3Si. The van der Waals surface area contributed by atoms with E-state index in [9.17, 15) is 4.79 Å². The van der Waals surface area contributed by atoms with Crippen LogP contribution in [0.2, 0.25) is 16.6 Å². The molecule has 138 valence electrons. The van der Waals surface area contributed by atoms with Crippen LogP contribution < -0.4 is 5.32 Å². The van der Waals surface area contributed by atoms with Crippen molar-refractivity contribution in [3.63, 3.8) is 0 Å². The van der Waals surface area contributed by atoms with Crippen molar-refractivity contribution >= 4 is 14.3 Å². The molecule has 1 N–H and O–H groups in total. The minimum Gasteiger partial charge on any atom is -0.459 e. The van der Waals surface area contributed by atoms with Crippen molar-refractivity contribution in [1.82, 2.24) is 5.32 Å². The molecule has 0 saturated heterocycles. The Hall–Kier alpha value is -0.393. The second-order valence-corrected chi connectivity index (χ2v) is 13.7. The van der Waals surface area contributed by atoms with Crippen molar-refractivity contribution in [2.45, 2.75) is 91.0 Å². The van der Waals surface area contributed by atoms with Crippen LogP contribution in [0.15, 0.2) is 0 Å². The van der Waals surface area contributed by atoms with Gasteiger partial charge in [-0.15, -0.1) is 0 Å². The SMILES string of the molecule is CC(C)[Si](OCCCNCC(=O)OC(C)(C)C)(C(C)C)C(C)C. The molecule has 0 amide bonds. The first-order valence-electron chi connectivity index (χ1n) is 9.00. The quantitative estimate of drug-likeness (QED) is 0.360. The van der Waals surface area contributed by atoms with E-state index in [2.05, 4.69) is 46.9 Å². The Morgan fingerprint density at radius 1 is 1.00 bits per heavy atom. The van der Waals surface area contributed by atoms with Gasteiger partial charge in [0.05, 0.1) is 6.54 Å². The lowest BCUT2D eigenvalue weighted by atomic mass is 10.2. The fourth-order valence-corrected chi connectivity index (χ4v) is 9.01. The summed E-state index contributed by atoms with van der Waals surface area (Å²) in [6.45, 7) is 21.2. The van der Waals surface area contributed by atoms with Crippen LogP contribution in [0.4, 0.5) is 0 Å². The second kappa shape index (κ2) is 9.79. The highest BCUT2D eigenvalue weighted by Crippen LogP contribution is 2.42. The Kier molecular flexibility index (Phi) is 9.63. The van der Waals surface area contributed by atoms with Crippen LogP contribution in [0, 0.1) is 0 Å². The number of carbonyl (C=O) groups excluding carboxylic acids is 1. The molecule has 0 aromatic heterocycles. The number of nitrogens with one attached hydrogen (secondary N) is 1. The van der Waals surface area contributed by atoms with Crippen LogP contribution in [-0.4, -0.2) is 39.6 Å². The second-order valence-electron chi connectivity index (χ2n) is 8.28. The van der Waals surface area contributed by atoms with Crippen molar-refractivity contribution < 1.29 is 14.0 Å². The predicted molar refractivity (Wildman–Crippen MR) is 100 cm³/mol. The summed E-state index contributed by atoms with van der Waals surface area (Å²) in [5.41, 5.74) is 1.41. The van der Waals surface area contributed by atoms with Crippen molar-refractivity contribution in [2.24, 2.45) is 0 Å². The van der Waals surface area contributed by atoms with E-state index in [4.69, 9.17) is 9.16 Å². The average molecular weight is 346 g/mol. The Balaban J connectivity index is 4.17. The van der Waals surface area contributed by atoms with E-state index in [1.807, 2.05) is 20.8 Å². The molecule has 23 heavy (non-hydrogen) atoms. The van der Waals surface area contributed by atoms with Crippen LogP contribution in [0.5, 0.6) is 0 Å². The highest BCUT2D eigenvalue weighted by Gasteiger charge is 2.44. The van der Waals surface area contributed by atoms with Crippen LogP contribution in [-0.2, 0) is 14.0 Å². The van der Waals surface area contributed by atoms with Gasteiger partial charge in [-0.25, -0.2) is 0 Å². The standard InChI is InChI=1S/C18H39NO3Si/c1-14(2)23(15(3)4,16(5)6)21-12-10-11-19-13-17(20)22-18(7,8)9/h14-16,19H,10-13H2,1-9H3. The van der Waals surface area contributed by atoms with Crippen molar-refractivity contribution in [3.05, 3.63) is 0 Å². The number of carbonyl (C=O) groups is 1. The molecule has 0 fully saturated rings. The van der Waals surface area contributed by atoms with Gasteiger partial charge in [0, 0.05) is 6.61 Å². The molecule has 0 aliphatic rings. The largest absolute Gasteiger partial charge is 0.459 e. The first-order chi connectivity index (χ1) is 10.4. The predicted octanol–water partition coefficient (Wildman–Crippen LogP) is 4.50. The van der Waals surface area contributed by atoms with E-state index < -0.39 is 13.9 Å². The molecular weight excluding hydrogens is 306 g/mol. The molecule has 0 saturated carbocycles. The molecule has 0 aliphatic heterocycles. The van der Waals surface area contributed by atoms with Crippen molar-refractivity contribution in [2.75, 3.05) is 19.7 Å².